The average molecular weight is 403 g/mol. The molecule has 0 spiro atoms. The van der Waals surface area contributed by atoms with Crippen molar-refractivity contribution in [3.63, 3.8) is 0 Å². The molecule has 1 saturated heterocycles. The number of aliphatic hydroxyl groups excluding tert-OH is 1. The number of piperidine rings is 1. The number of rotatable bonds is 7. The Kier molecular flexibility index (Phi) is 7.60. The fourth-order valence-corrected chi connectivity index (χ4v) is 3.01. The highest BCUT2D eigenvalue weighted by atomic mass is 35.5. The summed E-state index contributed by atoms with van der Waals surface area (Å²) in [6.45, 7) is 0.715. The van der Waals surface area contributed by atoms with Crippen molar-refractivity contribution >= 4 is 29.3 Å². The van der Waals surface area contributed by atoms with Crippen molar-refractivity contribution in [3.8, 4) is 0 Å². The average Bonchev–Trinajstić information content (AvgIpc) is 2.64. The number of aromatic amines is 1. The summed E-state index contributed by atoms with van der Waals surface area (Å²) in [5, 5.41) is 11.5. The van der Waals surface area contributed by atoms with Crippen LogP contribution in [0.5, 0.6) is 0 Å². The fourth-order valence-electron chi connectivity index (χ4n) is 2.85. The molecule has 2 rings (SSSR count). The van der Waals surface area contributed by atoms with E-state index in [0.29, 0.717) is 19.5 Å². The maximum Gasteiger partial charge on any atom is 0.320 e. The van der Waals surface area contributed by atoms with Crippen LogP contribution >= 0.6 is 11.6 Å². The number of hydrogen-bond donors (Lipinski definition) is 4. The van der Waals surface area contributed by atoms with Crippen LogP contribution in [0.1, 0.15) is 16.8 Å². The molecule has 1 aliphatic rings. The predicted octanol–water partition coefficient (Wildman–Crippen LogP) is -1.03. The lowest BCUT2D eigenvalue weighted by Gasteiger charge is -2.37. The Labute approximate surface area is 160 Å². The SMILES string of the molecule is CO[C@H]1CN(CC(=O)OCCO)CC[C@H]1NC(=O)c1cc(Cl)c(N)[nH]c1=O. The number of likely N-dealkylation sites (tertiary alicyclic amines) is 1. The zero-order valence-corrected chi connectivity index (χ0v) is 15.6. The molecule has 0 bridgehead atoms. The molecule has 0 radical (unpaired) electrons. The Bertz CT molecular complexity index is 740. The minimum absolute atomic E-state index is 0.00521. The van der Waals surface area contributed by atoms with E-state index in [1.54, 1.807) is 0 Å². The first-order chi connectivity index (χ1) is 12.8. The summed E-state index contributed by atoms with van der Waals surface area (Å²) in [5.74, 6) is -1.03. The summed E-state index contributed by atoms with van der Waals surface area (Å²) >= 11 is 5.87. The van der Waals surface area contributed by atoms with E-state index in [2.05, 4.69) is 10.3 Å². The summed E-state index contributed by atoms with van der Waals surface area (Å²) in [6.07, 6.45) is 0.134. The second kappa shape index (κ2) is 9.70. The lowest BCUT2D eigenvalue weighted by molar-refractivity contribution is -0.147. The van der Waals surface area contributed by atoms with Gasteiger partial charge in [0.05, 0.1) is 30.3 Å². The van der Waals surface area contributed by atoms with Gasteiger partial charge >= 0.3 is 5.97 Å². The normalized spacial score (nSPS) is 20.3. The number of carbonyl (C=O) groups excluding carboxylic acids is 2. The molecule has 0 unspecified atom stereocenters. The topological polar surface area (TPSA) is 147 Å². The number of aliphatic hydroxyl groups is 1. The lowest BCUT2D eigenvalue weighted by atomic mass is 10.0. The number of nitrogens with zero attached hydrogens (tertiary/aromatic N) is 1. The van der Waals surface area contributed by atoms with Crippen molar-refractivity contribution in [1.82, 2.24) is 15.2 Å². The van der Waals surface area contributed by atoms with E-state index in [-0.39, 0.29) is 48.3 Å². The number of ether oxygens (including phenoxy) is 2. The Morgan fingerprint density at radius 2 is 2.26 bits per heavy atom. The molecule has 11 heteroatoms. The van der Waals surface area contributed by atoms with E-state index < -0.39 is 17.4 Å². The lowest BCUT2D eigenvalue weighted by Crippen LogP contribution is -2.56. The van der Waals surface area contributed by atoms with Gasteiger partial charge in [-0.2, -0.15) is 0 Å². The zero-order chi connectivity index (χ0) is 20.0. The summed E-state index contributed by atoms with van der Waals surface area (Å²) in [5.41, 5.74) is 4.73. The van der Waals surface area contributed by atoms with Crippen LogP contribution in [0.2, 0.25) is 5.02 Å². The van der Waals surface area contributed by atoms with Crippen LogP contribution in [0.4, 0.5) is 5.82 Å². The molecule has 5 N–H and O–H groups in total. The molecule has 0 aromatic carbocycles. The maximum absolute atomic E-state index is 12.4. The van der Waals surface area contributed by atoms with Gasteiger partial charge in [0.15, 0.2) is 0 Å². The van der Waals surface area contributed by atoms with Crippen molar-refractivity contribution in [2.24, 2.45) is 0 Å². The van der Waals surface area contributed by atoms with Crippen LogP contribution in [0.25, 0.3) is 0 Å². The third kappa shape index (κ3) is 5.67. The number of amides is 1. The zero-order valence-electron chi connectivity index (χ0n) is 14.9. The minimum atomic E-state index is -0.632. The maximum atomic E-state index is 12.4. The van der Waals surface area contributed by atoms with Crippen molar-refractivity contribution in [2.45, 2.75) is 18.6 Å². The number of esters is 1. The van der Waals surface area contributed by atoms with Gasteiger partial charge in [-0.05, 0) is 12.5 Å². The van der Waals surface area contributed by atoms with Crippen LogP contribution in [0, 0.1) is 0 Å². The Balaban J connectivity index is 1.97. The Morgan fingerprint density at radius 1 is 1.52 bits per heavy atom. The molecule has 1 aromatic rings. The molecule has 2 atom stereocenters. The number of aromatic nitrogens is 1. The van der Waals surface area contributed by atoms with E-state index in [9.17, 15) is 14.4 Å². The summed E-state index contributed by atoms with van der Waals surface area (Å²) in [6, 6.07) is 0.877. The second-order valence-electron chi connectivity index (χ2n) is 6.10. The number of nitrogen functional groups attached to an aromatic ring is 1. The number of H-pyrrole nitrogens is 1. The quantitative estimate of drug-likeness (QED) is 0.423. The number of nitrogens with one attached hydrogen (secondary N) is 2. The molecule has 0 aliphatic carbocycles. The molecule has 1 aliphatic heterocycles. The number of carbonyl (C=O) groups is 2. The van der Waals surface area contributed by atoms with E-state index >= 15 is 0 Å². The van der Waals surface area contributed by atoms with Gasteiger partial charge in [0.2, 0.25) is 0 Å². The van der Waals surface area contributed by atoms with Gasteiger partial charge in [-0.25, -0.2) is 0 Å². The van der Waals surface area contributed by atoms with Gasteiger partial charge in [0.1, 0.15) is 18.0 Å². The predicted molar refractivity (Wildman–Crippen MR) is 97.6 cm³/mol. The number of nitrogens with two attached hydrogens (primary N) is 1. The number of pyridine rings is 1. The van der Waals surface area contributed by atoms with Crippen LogP contribution in [-0.2, 0) is 14.3 Å². The second-order valence-corrected chi connectivity index (χ2v) is 6.50. The van der Waals surface area contributed by atoms with Crippen molar-refractivity contribution in [2.75, 3.05) is 45.7 Å². The smallest absolute Gasteiger partial charge is 0.320 e. The molecule has 27 heavy (non-hydrogen) atoms. The van der Waals surface area contributed by atoms with E-state index in [1.807, 2.05) is 4.90 Å². The molecule has 150 valence electrons. The monoisotopic (exact) mass is 402 g/mol. The third-order valence-corrected chi connectivity index (χ3v) is 4.55. The fraction of sp³-hybridized carbons (Fsp3) is 0.562. The van der Waals surface area contributed by atoms with Gasteiger partial charge in [-0.15, -0.1) is 0 Å². The molecule has 1 fully saturated rings. The molecular formula is C16H23ClN4O6. The molecular weight excluding hydrogens is 380 g/mol. The first-order valence-corrected chi connectivity index (χ1v) is 8.74. The highest BCUT2D eigenvalue weighted by Gasteiger charge is 2.32. The molecule has 1 aromatic heterocycles. The largest absolute Gasteiger partial charge is 0.462 e. The van der Waals surface area contributed by atoms with Crippen LogP contribution in [0.3, 0.4) is 0 Å². The van der Waals surface area contributed by atoms with E-state index in [0.717, 1.165) is 0 Å². The standard InChI is InChI=1S/C16H23ClN4O6/c1-26-12-7-21(8-13(23)27-5-4-22)3-2-11(12)19-15(24)9-6-10(17)14(18)20-16(9)25/h6,11-12,22H,2-5,7-8H2,1H3,(H,19,24)(H3,18,20,25)/t11-,12+/m1/s1. The van der Waals surface area contributed by atoms with Crippen LogP contribution in [-0.4, -0.2) is 79.0 Å². The van der Waals surface area contributed by atoms with Gasteiger partial charge in [-0.3, -0.25) is 19.3 Å². The number of halogens is 1. The number of hydrogen-bond acceptors (Lipinski definition) is 8. The van der Waals surface area contributed by atoms with Crippen molar-refractivity contribution in [3.05, 3.63) is 27.0 Å². The highest BCUT2D eigenvalue weighted by Crippen LogP contribution is 2.17. The van der Waals surface area contributed by atoms with Gasteiger partial charge in [-0.1, -0.05) is 11.6 Å². The number of methoxy groups -OCH3 is 1. The summed E-state index contributed by atoms with van der Waals surface area (Å²) in [4.78, 5) is 40.2. The van der Waals surface area contributed by atoms with Gasteiger partial charge in [0.25, 0.3) is 11.5 Å². The number of anilines is 1. The minimum Gasteiger partial charge on any atom is -0.462 e. The molecule has 10 nitrogen and oxygen atoms in total. The molecule has 0 saturated carbocycles. The van der Waals surface area contributed by atoms with Gasteiger partial charge < -0.3 is 30.6 Å². The van der Waals surface area contributed by atoms with Crippen LogP contribution < -0.4 is 16.6 Å². The third-order valence-electron chi connectivity index (χ3n) is 4.24. The van der Waals surface area contributed by atoms with E-state index in [4.69, 9.17) is 31.9 Å². The first kappa shape index (κ1) is 21.2. The molecule has 2 heterocycles. The van der Waals surface area contributed by atoms with Crippen molar-refractivity contribution < 1.29 is 24.2 Å². The Morgan fingerprint density at radius 3 is 2.93 bits per heavy atom. The summed E-state index contributed by atoms with van der Waals surface area (Å²) in [7, 11) is 1.50. The summed E-state index contributed by atoms with van der Waals surface area (Å²) < 4.78 is 10.3. The Hall–Kier alpha value is -2.14. The van der Waals surface area contributed by atoms with Crippen molar-refractivity contribution in [1.29, 1.82) is 0 Å². The highest BCUT2D eigenvalue weighted by molar-refractivity contribution is 6.33. The van der Waals surface area contributed by atoms with Gasteiger partial charge in [0, 0.05) is 20.2 Å². The molecule has 1 amide bonds. The van der Waals surface area contributed by atoms with E-state index in [1.165, 1.54) is 13.2 Å². The van der Waals surface area contributed by atoms with Crippen LogP contribution in [0.15, 0.2) is 10.9 Å². The first-order valence-electron chi connectivity index (χ1n) is 8.36.